The summed E-state index contributed by atoms with van der Waals surface area (Å²) in [5.74, 6) is 0. The Morgan fingerprint density at radius 1 is 0.765 bits per heavy atom. The summed E-state index contributed by atoms with van der Waals surface area (Å²) in [6, 6.07) is 17.5. The van der Waals surface area contributed by atoms with Gasteiger partial charge in [0.05, 0.1) is 0 Å². The number of hydrogen-bond acceptors (Lipinski definition) is 1. The van der Waals surface area contributed by atoms with Gasteiger partial charge in [-0.15, -0.1) is 0 Å². The molecule has 0 saturated carbocycles. The molecule has 0 aliphatic carbocycles. The van der Waals surface area contributed by atoms with Gasteiger partial charge in [0.2, 0.25) is 0 Å². The van der Waals surface area contributed by atoms with Crippen LogP contribution in [0.1, 0.15) is 5.56 Å². The lowest BCUT2D eigenvalue weighted by atomic mass is 10.00. The molecule has 0 aliphatic heterocycles. The molecule has 0 unspecified atom stereocenters. The normalized spacial score (nSPS) is 10.9. The molecule has 0 aliphatic rings. The first-order valence-electron chi connectivity index (χ1n) is 5.89. The average molecular weight is 221 g/mol. The highest BCUT2D eigenvalue weighted by Crippen LogP contribution is 2.28. The van der Waals surface area contributed by atoms with Crippen LogP contribution in [0.25, 0.3) is 21.5 Å². The Balaban J connectivity index is 2.47. The minimum atomic E-state index is 1.16. The van der Waals surface area contributed by atoms with E-state index in [4.69, 9.17) is 0 Å². The largest absolute Gasteiger partial charge is 0.388 e. The van der Waals surface area contributed by atoms with Crippen LogP contribution in [0.4, 0.5) is 5.69 Å². The number of aryl methyl sites for hydroxylation is 1. The maximum Gasteiger partial charge on any atom is 0.0344 e. The Labute approximate surface area is 101 Å². The van der Waals surface area contributed by atoms with Crippen molar-refractivity contribution >= 4 is 27.2 Å². The molecule has 0 aromatic heterocycles. The van der Waals surface area contributed by atoms with Crippen LogP contribution in [0, 0.1) is 6.92 Å². The molecular formula is C16H15N. The minimum Gasteiger partial charge on any atom is -0.388 e. The predicted octanol–water partition coefficient (Wildman–Crippen LogP) is 4.34. The van der Waals surface area contributed by atoms with Crippen LogP contribution in [0.15, 0.2) is 48.5 Å². The smallest absolute Gasteiger partial charge is 0.0344 e. The summed E-state index contributed by atoms with van der Waals surface area (Å²) in [6.07, 6.45) is 0. The topological polar surface area (TPSA) is 12.0 Å². The molecule has 84 valence electrons. The second-order valence-electron chi connectivity index (χ2n) is 4.48. The summed E-state index contributed by atoms with van der Waals surface area (Å²) in [5, 5.41) is 8.44. The predicted molar refractivity (Wildman–Crippen MR) is 75.7 cm³/mol. The fraction of sp³-hybridized carbons (Fsp3) is 0.125. The molecule has 3 aromatic carbocycles. The van der Waals surface area contributed by atoms with Crippen LogP contribution in [0.2, 0.25) is 0 Å². The minimum absolute atomic E-state index is 1.16. The second kappa shape index (κ2) is 3.77. The Hall–Kier alpha value is -2.02. The molecule has 0 fully saturated rings. The highest BCUT2D eigenvalue weighted by Gasteiger charge is 2.01. The maximum atomic E-state index is 3.20. The zero-order chi connectivity index (χ0) is 11.8. The van der Waals surface area contributed by atoms with E-state index in [2.05, 4.69) is 60.8 Å². The van der Waals surface area contributed by atoms with E-state index in [1.807, 2.05) is 7.05 Å². The lowest BCUT2D eigenvalue weighted by molar-refractivity contribution is 1.51. The van der Waals surface area contributed by atoms with Crippen molar-refractivity contribution in [3.63, 3.8) is 0 Å². The summed E-state index contributed by atoms with van der Waals surface area (Å²) in [7, 11) is 1.96. The van der Waals surface area contributed by atoms with Crippen molar-refractivity contribution in [1.82, 2.24) is 0 Å². The zero-order valence-corrected chi connectivity index (χ0v) is 10.1. The molecular weight excluding hydrogens is 206 g/mol. The lowest BCUT2D eigenvalue weighted by Crippen LogP contribution is -1.87. The molecule has 1 heteroatoms. The SMILES string of the molecule is CNc1ccc2ccc3ccc(C)cc3c2c1. The van der Waals surface area contributed by atoms with Crippen molar-refractivity contribution in [1.29, 1.82) is 0 Å². The van der Waals surface area contributed by atoms with Crippen LogP contribution in [0.3, 0.4) is 0 Å². The summed E-state index contributed by atoms with van der Waals surface area (Å²) < 4.78 is 0. The Morgan fingerprint density at radius 2 is 1.35 bits per heavy atom. The van der Waals surface area contributed by atoms with Gasteiger partial charge in [-0.1, -0.05) is 42.0 Å². The molecule has 0 atom stereocenters. The monoisotopic (exact) mass is 221 g/mol. The number of fused-ring (bicyclic) bond motifs is 3. The molecule has 17 heavy (non-hydrogen) atoms. The van der Waals surface area contributed by atoms with E-state index in [0.717, 1.165) is 5.69 Å². The van der Waals surface area contributed by atoms with Gasteiger partial charge >= 0.3 is 0 Å². The summed E-state index contributed by atoms with van der Waals surface area (Å²) in [6.45, 7) is 2.14. The van der Waals surface area contributed by atoms with Gasteiger partial charge in [-0.05, 0) is 40.6 Å². The van der Waals surface area contributed by atoms with Crippen LogP contribution in [0.5, 0.6) is 0 Å². The summed E-state index contributed by atoms with van der Waals surface area (Å²) in [4.78, 5) is 0. The van der Waals surface area contributed by atoms with Crippen molar-refractivity contribution < 1.29 is 0 Å². The van der Waals surface area contributed by atoms with Crippen molar-refractivity contribution in [3.05, 3.63) is 54.1 Å². The highest BCUT2D eigenvalue weighted by molar-refractivity contribution is 6.08. The fourth-order valence-corrected chi connectivity index (χ4v) is 2.32. The van der Waals surface area contributed by atoms with Crippen LogP contribution >= 0.6 is 0 Å². The van der Waals surface area contributed by atoms with Crippen LogP contribution < -0.4 is 5.32 Å². The molecule has 0 heterocycles. The summed E-state index contributed by atoms with van der Waals surface area (Å²) in [5.41, 5.74) is 2.46. The molecule has 0 radical (unpaired) electrons. The van der Waals surface area contributed by atoms with Gasteiger partial charge in [-0.3, -0.25) is 0 Å². The molecule has 0 bridgehead atoms. The van der Waals surface area contributed by atoms with Gasteiger partial charge in [0.15, 0.2) is 0 Å². The first-order chi connectivity index (χ1) is 8.28. The van der Waals surface area contributed by atoms with Crippen LogP contribution in [-0.2, 0) is 0 Å². The average Bonchev–Trinajstić information content (AvgIpc) is 2.38. The first kappa shape index (κ1) is 10.2. The quantitative estimate of drug-likeness (QED) is 0.603. The molecule has 3 aromatic rings. The number of rotatable bonds is 1. The molecule has 3 rings (SSSR count). The van der Waals surface area contributed by atoms with Crippen molar-refractivity contribution in [3.8, 4) is 0 Å². The Kier molecular flexibility index (Phi) is 2.25. The van der Waals surface area contributed by atoms with Crippen LogP contribution in [-0.4, -0.2) is 7.05 Å². The highest BCUT2D eigenvalue weighted by atomic mass is 14.8. The van der Waals surface area contributed by atoms with Gasteiger partial charge in [0, 0.05) is 12.7 Å². The van der Waals surface area contributed by atoms with E-state index >= 15 is 0 Å². The van der Waals surface area contributed by atoms with E-state index in [1.54, 1.807) is 0 Å². The molecule has 0 spiro atoms. The van der Waals surface area contributed by atoms with Gasteiger partial charge in [0.25, 0.3) is 0 Å². The number of hydrogen-bond donors (Lipinski definition) is 1. The van der Waals surface area contributed by atoms with Gasteiger partial charge in [0.1, 0.15) is 0 Å². The van der Waals surface area contributed by atoms with Crippen molar-refractivity contribution in [2.24, 2.45) is 0 Å². The third-order valence-electron chi connectivity index (χ3n) is 3.28. The molecule has 0 amide bonds. The Bertz CT molecular complexity index is 698. The molecule has 0 saturated heterocycles. The van der Waals surface area contributed by atoms with Crippen molar-refractivity contribution in [2.45, 2.75) is 6.92 Å². The lowest BCUT2D eigenvalue weighted by Gasteiger charge is -2.07. The second-order valence-corrected chi connectivity index (χ2v) is 4.48. The zero-order valence-electron chi connectivity index (χ0n) is 10.1. The molecule has 1 N–H and O–H groups in total. The third kappa shape index (κ3) is 1.64. The van der Waals surface area contributed by atoms with E-state index in [-0.39, 0.29) is 0 Å². The van der Waals surface area contributed by atoms with Gasteiger partial charge in [-0.25, -0.2) is 0 Å². The van der Waals surface area contributed by atoms with E-state index in [0.29, 0.717) is 0 Å². The van der Waals surface area contributed by atoms with Gasteiger partial charge in [-0.2, -0.15) is 0 Å². The number of benzene rings is 3. The van der Waals surface area contributed by atoms with E-state index < -0.39 is 0 Å². The first-order valence-corrected chi connectivity index (χ1v) is 5.89. The van der Waals surface area contributed by atoms with Crippen molar-refractivity contribution in [2.75, 3.05) is 12.4 Å². The number of anilines is 1. The fourth-order valence-electron chi connectivity index (χ4n) is 2.32. The Morgan fingerprint density at radius 3 is 2.06 bits per heavy atom. The standard InChI is InChI=1S/C16H15N/c1-11-3-4-12-5-6-13-7-8-14(17-2)10-16(13)15(12)9-11/h3-10,17H,1-2H3. The summed E-state index contributed by atoms with van der Waals surface area (Å²) >= 11 is 0. The third-order valence-corrected chi connectivity index (χ3v) is 3.28. The van der Waals surface area contributed by atoms with Gasteiger partial charge < -0.3 is 5.32 Å². The number of nitrogens with one attached hydrogen (secondary N) is 1. The van der Waals surface area contributed by atoms with E-state index in [1.165, 1.54) is 27.1 Å². The maximum absolute atomic E-state index is 3.20. The molecule has 1 nitrogen and oxygen atoms in total. The van der Waals surface area contributed by atoms with E-state index in [9.17, 15) is 0 Å².